The van der Waals surface area contributed by atoms with Crippen molar-refractivity contribution in [2.24, 2.45) is 0 Å². The van der Waals surface area contributed by atoms with Gasteiger partial charge in [0.25, 0.3) is 0 Å². The van der Waals surface area contributed by atoms with Gasteiger partial charge in [-0.1, -0.05) is 38.1 Å². The fraction of sp³-hybridized carbons (Fsp3) is 0.300. The summed E-state index contributed by atoms with van der Waals surface area (Å²) >= 11 is 3.06. The molecule has 0 saturated heterocycles. The lowest BCUT2D eigenvalue weighted by molar-refractivity contribution is -0.166. The SMILES string of the molecule is CCC(C)(CCOC(C)(CC)C(=O)COc1ccc2sc3ccccc3c(=O)c2c1)OC(=O)COc1ccc2sc3ccccc3c(=O)c2c1. The third-order valence-corrected chi connectivity index (χ3v) is 11.5. The number of rotatable bonds is 14. The Morgan fingerprint density at radius 2 is 1.14 bits per heavy atom. The Balaban J connectivity index is 1.02. The van der Waals surface area contributed by atoms with E-state index in [1.807, 2.05) is 75.4 Å². The van der Waals surface area contributed by atoms with E-state index in [4.69, 9.17) is 18.9 Å². The molecule has 0 spiro atoms. The van der Waals surface area contributed by atoms with Crippen LogP contribution in [0.2, 0.25) is 0 Å². The first-order chi connectivity index (χ1) is 24.0. The molecule has 50 heavy (non-hydrogen) atoms. The molecule has 258 valence electrons. The van der Waals surface area contributed by atoms with Crippen LogP contribution in [0.25, 0.3) is 40.3 Å². The number of carbonyl (C=O) groups excluding carboxylic acids is 2. The third-order valence-electron chi connectivity index (χ3n) is 9.25. The highest BCUT2D eigenvalue weighted by Crippen LogP contribution is 2.30. The second-order valence-electron chi connectivity index (χ2n) is 12.6. The highest BCUT2D eigenvalue weighted by atomic mass is 32.1. The maximum atomic E-state index is 13.3. The van der Waals surface area contributed by atoms with Gasteiger partial charge in [0, 0.05) is 46.8 Å². The molecule has 0 fully saturated rings. The molecule has 6 aromatic rings. The van der Waals surface area contributed by atoms with E-state index in [2.05, 4.69) is 0 Å². The molecule has 2 aromatic heterocycles. The van der Waals surface area contributed by atoms with E-state index in [1.165, 1.54) is 22.7 Å². The summed E-state index contributed by atoms with van der Waals surface area (Å²) in [6.45, 7) is 6.95. The summed E-state index contributed by atoms with van der Waals surface area (Å²) < 4.78 is 27.1. The predicted molar refractivity (Wildman–Crippen MR) is 201 cm³/mol. The number of ether oxygens (including phenoxy) is 4. The Hall–Kier alpha value is -4.64. The van der Waals surface area contributed by atoms with Gasteiger partial charge in [-0.2, -0.15) is 0 Å². The van der Waals surface area contributed by atoms with E-state index in [-0.39, 0.29) is 36.5 Å². The average Bonchev–Trinajstić information content (AvgIpc) is 3.13. The molecular weight excluding hydrogens is 673 g/mol. The Morgan fingerprint density at radius 1 is 0.640 bits per heavy atom. The molecule has 0 radical (unpaired) electrons. The van der Waals surface area contributed by atoms with E-state index < -0.39 is 17.2 Å². The Morgan fingerprint density at radius 3 is 1.66 bits per heavy atom. The zero-order valence-electron chi connectivity index (χ0n) is 28.4. The standard InChI is InChI=1S/C40H38O8S2/c1-5-39(3,48-36(42)24-46-26-16-18-34-30(22-26)38(44)28-12-8-10-14-32(28)50-34)19-20-47-40(4,6-2)35(41)23-45-25-15-17-33-29(21-25)37(43)27-11-7-9-13-31(27)49-33/h7-18,21-22H,5-6,19-20,23-24H2,1-4H3. The molecule has 0 saturated carbocycles. The lowest BCUT2D eigenvalue weighted by Crippen LogP contribution is -2.43. The molecule has 0 aliphatic carbocycles. The summed E-state index contributed by atoms with van der Waals surface area (Å²) in [5.41, 5.74) is -2.12. The van der Waals surface area contributed by atoms with Gasteiger partial charge in [-0.25, -0.2) is 4.79 Å². The van der Waals surface area contributed by atoms with Crippen molar-refractivity contribution in [1.29, 1.82) is 0 Å². The zero-order valence-corrected chi connectivity index (χ0v) is 30.0. The molecule has 10 heteroatoms. The summed E-state index contributed by atoms with van der Waals surface area (Å²) in [7, 11) is 0. The number of esters is 1. The van der Waals surface area contributed by atoms with Crippen LogP contribution in [0.15, 0.2) is 94.5 Å². The summed E-state index contributed by atoms with van der Waals surface area (Å²) in [6, 6.07) is 25.5. The van der Waals surface area contributed by atoms with Gasteiger partial charge in [-0.3, -0.25) is 14.4 Å². The molecule has 4 aromatic carbocycles. The number of Topliss-reactive ketones (excluding diaryl/α,β-unsaturated/α-hetero) is 1. The zero-order chi connectivity index (χ0) is 35.5. The molecule has 2 atom stereocenters. The molecule has 2 heterocycles. The van der Waals surface area contributed by atoms with Gasteiger partial charge in [-0.15, -0.1) is 22.7 Å². The van der Waals surface area contributed by atoms with E-state index in [0.717, 1.165) is 18.8 Å². The minimum atomic E-state index is -1.12. The topological polar surface area (TPSA) is 105 Å². The molecule has 0 N–H and O–H groups in total. The maximum absolute atomic E-state index is 13.3. The quantitative estimate of drug-likeness (QED) is 0.0819. The minimum Gasteiger partial charge on any atom is -0.486 e. The molecule has 6 rings (SSSR count). The highest BCUT2D eigenvalue weighted by Gasteiger charge is 2.34. The Labute approximate surface area is 297 Å². The van der Waals surface area contributed by atoms with Crippen molar-refractivity contribution < 1.29 is 28.5 Å². The van der Waals surface area contributed by atoms with Crippen LogP contribution in [0, 0.1) is 0 Å². The van der Waals surface area contributed by atoms with Crippen LogP contribution in [0.3, 0.4) is 0 Å². The minimum absolute atomic E-state index is 0.0696. The summed E-state index contributed by atoms with van der Waals surface area (Å²) in [6.07, 6.45) is 1.29. The van der Waals surface area contributed by atoms with E-state index in [0.29, 0.717) is 52.3 Å². The van der Waals surface area contributed by atoms with Crippen LogP contribution in [-0.4, -0.2) is 42.8 Å². The molecule has 0 aliphatic heterocycles. The van der Waals surface area contributed by atoms with Crippen molar-refractivity contribution >= 4 is 74.8 Å². The molecule has 8 nitrogen and oxygen atoms in total. The van der Waals surface area contributed by atoms with Crippen molar-refractivity contribution in [2.75, 3.05) is 19.8 Å². The van der Waals surface area contributed by atoms with Crippen LogP contribution >= 0.6 is 22.7 Å². The lowest BCUT2D eigenvalue weighted by atomic mass is 9.96. The maximum Gasteiger partial charge on any atom is 0.344 e. The van der Waals surface area contributed by atoms with Crippen LogP contribution in [0.5, 0.6) is 11.5 Å². The normalized spacial score (nSPS) is 14.0. The first-order valence-corrected chi connectivity index (χ1v) is 18.2. The van der Waals surface area contributed by atoms with Crippen LogP contribution in [0.4, 0.5) is 0 Å². The Kier molecular flexibility index (Phi) is 10.3. The summed E-state index contributed by atoms with van der Waals surface area (Å²) in [5, 5.41) is 2.39. The van der Waals surface area contributed by atoms with Crippen molar-refractivity contribution in [3.05, 3.63) is 105 Å². The van der Waals surface area contributed by atoms with Crippen LogP contribution in [-0.2, 0) is 19.1 Å². The molecule has 0 aliphatic rings. The van der Waals surface area contributed by atoms with Gasteiger partial charge in [0.05, 0.1) is 6.61 Å². The number of hydrogen-bond donors (Lipinski definition) is 0. The second kappa shape index (κ2) is 14.7. The third kappa shape index (κ3) is 7.43. The summed E-state index contributed by atoms with van der Waals surface area (Å²) in [4.78, 5) is 52.3. The lowest BCUT2D eigenvalue weighted by Gasteiger charge is -2.32. The fourth-order valence-corrected chi connectivity index (χ4v) is 7.77. The average molecular weight is 711 g/mol. The molecular formula is C40H38O8S2. The predicted octanol–water partition coefficient (Wildman–Crippen LogP) is 8.46. The first-order valence-electron chi connectivity index (χ1n) is 16.6. The monoisotopic (exact) mass is 710 g/mol. The molecule has 0 bridgehead atoms. The molecule has 0 amide bonds. The van der Waals surface area contributed by atoms with Crippen LogP contribution in [0.1, 0.15) is 47.0 Å². The van der Waals surface area contributed by atoms with Gasteiger partial charge in [0.15, 0.2) is 17.5 Å². The van der Waals surface area contributed by atoms with Gasteiger partial charge >= 0.3 is 5.97 Å². The van der Waals surface area contributed by atoms with Gasteiger partial charge in [0.1, 0.15) is 29.3 Å². The number of fused-ring (bicyclic) bond motifs is 4. The van der Waals surface area contributed by atoms with E-state index in [9.17, 15) is 19.2 Å². The van der Waals surface area contributed by atoms with Crippen molar-refractivity contribution in [1.82, 2.24) is 0 Å². The first kappa shape index (κ1) is 35.2. The van der Waals surface area contributed by atoms with Crippen molar-refractivity contribution in [3.8, 4) is 11.5 Å². The summed E-state index contributed by atoms with van der Waals surface area (Å²) in [5.74, 6) is 0.0491. The number of benzene rings is 4. The van der Waals surface area contributed by atoms with Gasteiger partial charge < -0.3 is 18.9 Å². The second-order valence-corrected chi connectivity index (χ2v) is 14.8. The van der Waals surface area contributed by atoms with Crippen molar-refractivity contribution in [3.63, 3.8) is 0 Å². The number of hydrogen-bond acceptors (Lipinski definition) is 10. The highest BCUT2D eigenvalue weighted by molar-refractivity contribution is 7.24. The Bertz CT molecular complexity index is 2340. The van der Waals surface area contributed by atoms with Gasteiger partial charge in [-0.05, 0) is 87.4 Å². The van der Waals surface area contributed by atoms with Gasteiger partial charge in [0.2, 0.25) is 5.78 Å². The largest absolute Gasteiger partial charge is 0.486 e. The van der Waals surface area contributed by atoms with Crippen LogP contribution < -0.4 is 20.3 Å². The smallest absolute Gasteiger partial charge is 0.344 e. The fourth-order valence-electron chi connectivity index (χ4n) is 5.66. The van der Waals surface area contributed by atoms with E-state index in [1.54, 1.807) is 37.3 Å². The molecule has 2 unspecified atom stereocenters. The van der Waals surface area contributed by atoms with E-state index >= 15 is 0 Å². The van der Waals surface area contributed by atoms with Crippen molar-refractivity contribution in [2.45, 2.75) is 58.2 Å². The number of carbonyl (C=O) groups is 2. The number of ketones is 1.